The maximum Gasteiger partial charge on any atom is 0.338 e. The first-order valence-electron chi connectivity index (χ1n) is 13.9. The molecule has 0 spiro atoms. The predicted octanol–water partition coefficient (Wildman–Crippen LogP) is 3.80. The van der Waals surface area contributed by atoms with Gasteiger partial charge in [0.1, 0.15) is 5.76 Å². The summed E-state index contributed by atoms with van der Waals surface area (Å²) in [4.78, 5) is 51.9. The van der Waals surface area contributed by atoms with Crippen molar-refractivity contribution in [2.24, 2.45) is 4.99 Å². The fourth-order valence-corrected chi connectivity index (χ4v) is 6.92. The molecule has 45 heavy (non-hydrogen) atoms. The zero-order chi connectivity index (χ0) is 31.1. The van der Waals surface area contributed by atoms with E-state index in [1.165, 1.54) is 22.0 Å². The molecule has 0 fully saturated rings. The molecule has 0 saturated heterocycles. The standard InChI is InChI=1S/C32H24N4O7S2/c1-3-40-30(39)26-27(18-7-5-4-6-8-18)35-32-36(28(26)19-9-11-21-22(14-19)42-16-41-21)29(38)23(44-32)15-20-10-12-25(43-20)45-31-33-17(2)13-24(37)34-31/h4-15,28H,3,16H2,1-2H3,(H,33,34,37)/b23-15+/t28-/m1/s1. The van der Waals surface area contributed by atoms with Crippen LogP contribution in [0.1, 0.15) is 35.5 Å². The number of furan rings is 1. The van der Waals surface area contributed by atoms with Gasteiger partial charge in [-0.25, -0.2) is 14.8 Å². The molecule has 1 N–H and O–H groups in total. The third-order valence-electron chi connectivity index (χ3n) is 7.01. The molecule has 226 valence electrons. The number of nitrogens with zero attached hydrogens (tertiary/aromatic N) is 3. The first kappa shape index (κ1) is 28.6. The Hall–Kier alpha value is -5.14. The summed E-state index contributed by atoms with van der Waals surface area (Å²) >= 11 is 2.34. The number of aromatic nitrogens is 3. The molecule has 11 nitrogen and oxygen atoms in total. The number of ether oxygens (including phenoxy) is 3. The first-order chi connectivity index (χ1) is 21.9. The van der Waals surface area contributed by atoms with Crippen LogP contribution in [0.15, 0.2) is 102 Å². The summed E-state index contributed by atoms with van der Waals surface area (Å²) in [6.07, 6.45) is 1.63. The van der Waals surface area contributed by atoms with E-state index in [1.807, 2.05) is 36.4 Å². The lowest BCUT2D eigenvalue weighted by Crippen LogP contribution is -2.40. The van der Waals surface area contributed by atoms with Crippen molar-refractivity contribution in [2.45, 2.75) is 30.1 Å². The van der Waals surface area contributed by atoms with E-state index < -0.39 is 12.0 Å². The summed E-state index contributed by atoms with van der Waals surface area (Å²) < 4.78 is 24.5. The van der Waals surface area contributed by atoms with Crippen LogP contribution in [0.2, 0.25) is 0 Å². The number of carbonyl (C=O) groups excluding carboxylic acids is 1. The van der Waals surface area contributed by atoms with Gasteiger partial charge in [-0.3, -0.25) is 14.2 Å². The monoisotopic (exact) mass is 640 g/mol. The number of aryl methyl sites for hydroxylation is 1. The number of hydrogen-bond acceptors (Lipinski definition) is 11. The number of nitrogens with one attached hydrogen (secondary N) is 1. The minimum atomic E-state index is -0.862. The number of benzene rings is 2. The van der Waals surface area contributed by atoms with Gasteiger partial charge in [0.05, 0.1) is 28.5 Å². The Bertz CT molecular complexity index is 2230. The SMILES string of the molecule is CCOC(=O)C1=C(c2ccccc2)N=c2s/c(=C/c3ccc(Sc4nc(C)cc(=O)[nH]4)o3)c(=O)n2[C@@H]1c1ccc2c(c1)OCO2. The second-order valence-corrected chi connectivity index (χ2v) is 12.0. The van der Waals surface area contributed by atoms with Gasteiger partial charge in [0.25, 0.3) is 11.1 Å². The van der Waals surface area contributed by atoms with Gasteiger partial charge >= 0.3 is 5.97 Å². The minimum Gasteiger partial charge on any atom is -0.463 e. The molecule has 2 aliphatic heterocycles. The number of H-pyrrole nitrogens is 1. The van der Waals surface area contributed by atoms with Crippen LogP contribution < -0.4 is 29.9 Å². The summed E-state index contributed by atoms with van der Waals surface area (Å²) in [5, 5.41) is 0.876. The van der Waals surface area contributed by atoms with Gasteiger partial charge in [0.2, 0.25) is 6.79 Å². The minimum absolute atomic E-state index is 0.0802. The molecule has 0 bridgehead atoms. The van der Waals surface area contributed by atoms with Gasteiger partial charge in [-0.1, -0.05) is 47.7 Å². The molecule has 2 aliphatic rings. The Morgan fingerprint density at radius 2 is 1.93 bits per heavy atom. The molecular formula is C32H24N4O7S2. The highest BCUT2D eigenvalue weighted by atomic mass is 32.2. The van der Waals surface area contributed by atoms with Crippen molar-refractivity contribution in [1.29, 1.82) is 0 Å². The van der Waals surface area contributed by atoms with E-state index in [0.29, 0.717) is 59.4 Å². The van der Waals surface area contributed by atoms with E-state index in [2.05, 4.69) is 9.97 Å². The maximum absolute atomic E-state index is 14.1. The molecule has 0 aliphatic carbocycles. The Kier molecular flexibility index (Phi) is 7.47. The first-order valence-corrected chi connectivity index (χ1v) is 15.5. The number of rotatable bonds is 7. The van der Waals surface area contributed by atoms with E-state index in [0.717, 1.165) is 11.8 Å². The lowest BCUT2D eigenvalue weighted by molar-refractivity contribution is -0.138. The van der Waals surface area contributed by atoms with Gasteiger partial charge < -0.3 is 23.6 Å². The number of thiazole rings is 1. The van der Waals surface area contributed by atoms with Gasteiger partial charge in [-0.05, 0) is 55.4 Å². The largest absolute Gasteiger partial charge is 0.463 e. The van der Waals surface area contributed by atoms with Crippen LogP contribution >= 0.6 is 23.1 Å². The fourth-order valence-electron chi connectivity index (χ4n) is 5.13. The summed E-state index contributed by atoms with van der Waals surface area (Å²) in [6, 6.07) is 18.7. The van der Waals surface area contributed by atoms with Crippen molar-refractivity contribution in [1.82, 2.24) is 14.5 Å². The quantitative estimate of drug-likeness (QED) is 0.208. The highest BCUT2D eigenvalue weighted by molar-refractivity contribution is 7.99. The Morgan fingerprint density at radius 3 is 2.73 bits per heavy atom. The fraction of sp³-hybridized carbons (Fsp3) is 0.156. The van der Waals surface area contributed by atoms with E-state index in [-0.39, 0.29) is 30.1 Å². The summed E-state index contributed by atoms with van der Waals surface area (Å²) in [5.74, 6) is 0.937. The van der Waals surface area contributed by atoms with Crippen LogP contribution in [-0.4, -0.2) is 33.9 Å². The van der Waals surface area contributed by atoms with Crippen LogP contribution in [0.5, 0.6) is 11.5 Å². The number of fused-ring (bicyclic) bond motifs is 2. The molecular weight excluding hydrogens is 617 g/mol. The maximum atomic E-state index is 14.1. The summed E-state index contributed by atoms with van der Waals surface area (Å²) in [6.45, 7) is 3.69. The van der Waals surface area contributed by atoms with Crippen molar-refractivity contribution in [3.05, 3.63) is 125 Å². The highest BCUT2D eigenvalue weighted by Gasteiger charge is 2.36. The molecule has 5 aromatic rings. The third-order valence-corrected chi connectivity index (χ3v) is 8.80. The normalized spacial score (nSPS) is 15.6. The zero-order valence-electron chi connectivity index (χ0n) is 23.9. The van der Waals surface area contributed by atoms with Crippen LogP contribution in [0.4, 0.5) is 0 Å². The molecule has 0 unspecified atom stereocenters. The lowest BCUT2D eigenvalue weighted by atomic mass is 9.93. The summed E-state index contributed by atoms with van der Waals surface area (Å²) in [5.41, 5.74) is 1.97. The number of carbonyl (C=O) groups is 1. The van der Waals surface area contributed by atoms with Crippen LogP contribution in [-0.2, 0) is 9.53 Å². The third kappa shape index (κ3) is 5.51. The summed E-state index contributed by atoms with van der Waals surface area (Å²) in [7, 11) is 0. The molecule has 0 saturated carbocycles. The van der Waals surface area contributed by atoms with E-state index in [9.17, 15) is 14.4 Å². The van der Waals surface area contributed by atoms with E-state index in [4.69, 9.17) is 23.6 Å². The van der Waals surface area contributed by atoms with Crippen LogP contribution in [0.3, 0.4) is 0 Å². The molecule has 0 radical (unpaired) electrons. The highest BCUT2D eigenvalue weighted by Crippen LogP contribution is 2.40. The molecule has 7 rings (SSSR count). The van der Waals surface area contributed by atoms with Gasteiger partial charge in [-0.2, -0.15) is 0 Å². The van der Waals surface area contributed by atoms with Crippen LogP contribution in [0, 0.1) is 6.92 Å². The predicted molar refractivity (Wildman–Crippen MR) is 166 cm³/mol. The smallest absolute Gasteiger partial charge is 0.338 e. The molecule has 13 heteroatoms. The van der Waals surface area contributed by atoms with Gasteiger partial charge in [0, 0.05) is 23.4 Å². The Balaban J connectivity index is 1.38. The number of aromatic amines is 1. The van der Waals surface area contributed by atoms with Gasteiger partial charge in [0.15, 0.2) is 26.5 Å². The van der Waals surface area contributed by atoms with Crippen molar-refractivity contribution in [3.8, 4) is 11.5 Å². The van der Waals surface area contributed by atoms with Gasteiger partial charge in [-0.15, -0.1) is 0 Å². The van der Waals surface area contributed by atoms with Crippen LogP contribution in [0.25, 0.3) is 11.8 Å². The molecule has 1 atom stereocenters. The second-order valence-electron chi connectivity index (χ2n) is 9.99. The van der Waals surface area contributed by atoms with Crippen molar-refractivity contribution in [2.75, 3.05) is 13.4 Å². The van der Waals surface area contributed by atoms with E-state index >= 15 is 0 Å². The molecule has 2 aromatic carbocycles. The van der Waals surface area contributed by atoms with Crippen molar-refractivity contribution < 1.29 is 23.4 Å². The zero-order valence-corrected chi connectivity index (χ0v) is 25.6. The topological polar surface area (TPSA) is 138 Å². The average molecular weight is 641 g/mol. The molecule has 5 heterocycles. The Morgan fingerprint density at radius 1 is 1.11 bits per heavy atom. The number of hydrogen-bond donors (Lipinski definition) is 1. The lowest BCUT2D eigenvalue weighted by Gasteiger charge is -2.26. The molecule has 0 amide bonds. The Labute approximate surface area is 263 Å². The number of esters is 1. The van der Waals surface area contributed by atoms with Crippen molar-refractivity contribution >= 4 is 40.8 Å². The van der Waals surface area contributed by atoms with E-state index in [1.54, 1.807) is 44.2 Å². The molecule has 3 aromatic heterocycles. The average Bonchev–Trinajstić information content (AvgIpc) is 3.75. The second kappa shape index (κ2) is 11.7. The van der Waals surface area contributed by atoms with Crippen molar-refractivity contribution in [3.63, 3.8) is 0 Å².